The summed E-state index contributed by atoms with van der Waals surface area (Å²) in [7, 11) is 0. The van der Waals surface area contributed by atoms with Gasteiger partial charge in [0.25, 0.3) is 0 Å². The number of rotatable bonds is 6. The van der Waals surface area contributed by atoms with Crippen molar-refractivity contribution in [2.75, 3.05) is 12.4 Å². The summed E-state index contributed by atoms with van der Waals surface area (Å²) in [6.45, 7) is 7.77. The third-order valence-electron chi connectivity index (χ3n) is 2.58. The molecule has 0 spiro atoms. The molecular formula is C14H23NO2S2. The lowest BCUT2D eigenvalue weighted by atomic mass is 10.1. The molecule has 0 aliphatic rings. The van der Waals surface area contributed by atoms with Crippen molar-refractivity contribution < 1.29 is 9.66 Å². The van der Waals surface area contributed by atoms with Crippen LogP contribution in [-0.4, -0.2) is 26.8 Å². The fraction of sp³-hybridized carbons (Fsp3) is 0.571. The van der Waals surface area contributed by atoms with Gasteiger partial charge in [-0.05, 0) is 44.2 Å². The van der Waals surface area contributed by atoms with Gasteiger partial charge in [-0.2, -0.15) is 0 Å². The highest BCUT2D eigenvalue weighted by Crippen LogP contribution is 2.23. The van der Waals surface area contributed by atoms with Crippen molar-refractivity contribution in [3.05, 3.63) is 29.8 Å². The summed E-state index contributed by atoms with van der Waals surface area (Å²) < 4.78 is 14.7. The largest absolute Gasteiger partial charge is 0.598 e. The SMILES string of the molecule is CCSc1ccc([C@H](CO)N[S+]([O-])C(C)(C)C)cc1. The lowest BCUT2D eigenvalue weighted by Gasteiger charge is -2.27. The average molecular weight is 301 g/mol. The van der Waals surface area contributed by atoms with E-state index in [2.05, 4.69) is 11.6 Å². The molecule has 3 nitrogen and oxygen atoms in total. The van der Waals surface area contributed by atoms with Crippen molar-refractivity contribution in [1.29, 1.82) is 0 Å². The van der Waals surface area contributed by atoms with Crippen LogP contribution >= 0.6 is 11.8 Å². The van der Waals surface area contributed by atoms with Crippen LogP contribution in [0.4, 0.5) is 0 Å². The lowest BCUT2D eigenvalue weighted by molar-refractivity contribution is 0.258. The van der Waals surface area contributed by atoms with Gasteiger partial charge in [0.05, 0.1) is 6.61 Å². The Hall–Kier alpha value is -0.200. The molecule has 108 valence electrons. The van der Waals surface area contributed by atoms with Crippen molar-refractivity contribution in [3.8, 4) is 0 Å². The second-order valence-electron chi connectivity index (χ2n) is 5.24. The van der Waals surface area contributed by atoms with E-state index in [0.717, 1.165) is 11.3 Å². The van der Waals surface area contributed by atoms with E-state index in [4.69, 9.17) is 0 Å². The van der Waals surface area contributed by atoms with Crippen LogP contribution in [0.25, 0.3) is 0 Å². The van der Waals surface area contributed by atoms with Crippen LogP contribution in [0.2, 0.25) is 0 Å². The number of benzene rings is 1. The molecule has 0 aromatic heterocycles. The van der Waals surface area contributed by atoms with Crippen LogP contribution in [0.5, 0.6) is 0 Å². The van der Waals surface area contributed by atoms with Crippen LogP contribution in [0, 0.1) is 0 Å². The van der Waals surface area contributed by atoms with Crippen molar-refractivity contribution in [3.63, 3.8) is 0 Å². The Balaban J connectivity index is 2.74. The van der Waals surface area contributed by atoms with E-state index in [9.17, 15) is 9.66 Å². The van der Waals surface area contributed by atoms with Gasteiger partial charge in [-0.25, -0.2) is 0 Å². The molecule has 19 heavy (non-hydrogen) atoms. The number of thioether (sulfide) groups is 1. The van der Waals surface area contributed by atoms with Gasteiger partial charge in [-0.3, -0.25) is 0 Å². The number of hydrogen-bond acceptors (Lipinski definition) is 4. The molecule has 1 aromatic carbocycles. The molecule has 0 aliphatic heterocycles. The standard InChI is InChI=1S/C14H23NO2S2/c1-5-18-12-8-6-11(7-9-12)13(10-16)15-19(17)14(2,3)4/h6-9,13,15-16H,5,10H2,1-4H3/t13-,19?/m0/s1. The average Bonchev–Trinajstić information content (AvgIpc) is 2.36. The minimum atomic E-state index is -1.19. The van der Waals surface area contributed by atoms with Crippen molar-refractivity contribution in [2.24, 2.45) is 0 Å². The fourth-order valence-electron chi connectivity index (χ4n) is 1.48. The minimum Gasteiger partial charge on any atom is -0.598 e. The topological polar surface area (TPSA) is 55.3 Å². The third kappa shape index (κ3) is 5.36. The number of aliphatic hydroxyl groups excluding tert-OH is 1. The Morgan fingerprint density at radius 2 is 1.89 bits per heavy atom. The predicted octanol–water partition coefficient (Wildman–Crippen LogP) is 2.88. The van der Waals surface area contributed by atoms with Gasteiger partial charge in [0.15, 0.2) is 0 Å². The van der Waals surface area contributed by atoms with Gasteiger partial charge in [0, 0.05) is 16.3 Å². The van der Waals surface area contributed by atoms with Crippen LogP contribution in [0.3, 0.4) is 0 Å². The van der Waals surface area contributed by atoms with E-state index < -0.39 is 11.4 Å². The molecule has 0 saturated heterocycles. The van der Waals surface area contributed by atoms with Crippen molar-refractivity contribution in [1.82, 2.24) is 4.72 Å². The van der Waals surface area contributed by atoms with Gasteiger partial charge < -0.3 is 9.66 Å². The highest BCUT2D eigenvalue weighted by atomic mass is 32.2. The van der Waals surface area contributed by atoms with E-state index in [1.54, 1.807) is 11.8 Å². The zero-order valence-electron chi connectivity index (χ0n) is 12.0. The molecule has 1 rings (SSSR count). The minimum absolute atomic E-state index is 0.0674. The van der Waals surface area contributed by atoms with Crippen LogP contribution in [0.1, 0.15) is 39.3 Å². The highest BCUT2D eigenvalue weighted by molar-refractivity contribution is 7.99. The lowest BCUT2D eigenvalue weighted by Crippen LogP contribution is -2.42. The summed E-state index contributed by atoms with van der Waals surface area (Å²) in [5, 5.41) is 9.46. The summed E-state index contributed by atoms with van der Waals surface area (Å²) in [5.74, 6) is 1.04. The fourth-order valence-corrected chi connectivity index (χ4v) is 2.96. The first-order chi connectivity index (χ1) is 8.88. The van der Waals surface area contributed by atoms with E-state index >= 15 is 0 Å². The normalized spacial score (nSPS) is 15.3. The third-order valence-corrected chi connectivity index (χ3v) is 5.09. The molecule has 1 aromatic rings. The molecule has 0 amide bonds. The molecule has 0 radical (unpaired) electrons. The Bertz CT molecular complexity index is 376. The van der Waals surface area contributed by atoms with Gasteiger partial charge >= 0.3 is 0 Å². The van der Waals surface area contributed by atoms with Crippen LogP contribution in [-0.2, 0) is 11.4 Å². The maximum atomic E-state index is 12.1. The summed E-state index contributed by atoms with van der Waals surface area (Å²) in [4.78, 5) is 1.21. The van der Waals surface area contributed by atoms with Crippen LogP contribution in [0.15, 0.2) is 29.2 Å². The molecular weight excluding hydrogens is 278 g/mol. The second-order valence-corrected chi connectivity index (χ2v) is 8.57. The van der Waals surface area contributed by atoms with Crippen LogP contribution < -0.4 is 4.72 Å². The van der Waals surface area contributed by atoms with E-state index in [-0.39, 0.29) is 17.4 Å². The summed E-state index contributed by atoms with van der Waals surface area (Å²) in [6, 6.07) is 7.74. The molecule has 0 heterocycles. The summed E-state index contributed by atoms with van der Waals surface area (Å²) in [6.07, 6.45) is 0. The molecule has 5 heteroatoms. The first kappa shape index (κ1) is 16.9. The zero-order chi connectivity index (χ0) is 14.5. The van der Waals surface area contributed by atoms with Gasteiger partial charge in [-0.15, -0.1) is 16.5 Å². The summed E-state index contributed by atoms with van der Waals surface area (Å²) in [5.41, 5.74) is 0.959. The highest BCUT2D eigenvalue weighted by Gasteiger charge is 2.29. The molecule has 0 fully saturated rings. The van der Waals surface area contributed by atoms with Crippen molar-refractivity contribution in [2.45, 2.75) is 43.4 Å². The maximum Gasteiger partial charge on any atom is 0.136 e. The first-order valence-electron chi connectivity index (χ1n) is 6.40. The van der Waals surface area contributed by atoms with E-state index in [1.165, 1.54) is 4.90 Å². The number of aliphatic hydroxyl groups is 1. The smallest absolute Gasteiger partial charge is 0.136 e. The first-order valence-corrected chi connectivity index (χ1v) is 8.53. The number of hydrogen-bond donors (Lipinski definition) is 2. The number of nitrogens with one attached hydrogen (secondary N) is 1. The summed E-state index contributed by atoms with van der Waals surface area (Å²) >= 11 is 0.587. The Morgan fingerprint density at radius 3 is 2.32 bits per heavy atom. The Labute approximate surface area is 123 Å². The van der Waals surface area contributed by atoms with Gasteiger partial charge in [-0.1, -0.05) is 19.1 Å². The zero-order valence-corrected chi connectivity index (χ0v) is 13.6. The molecule has 2 N–H and O–H groups in total. The monoisotopic (exact) mass is 301 g/mol. The molecule has 0 aliphatic carbocycles. The Morgan fingerprint density at radius 1 is 1.32 bits per heavy atom. The predicted molar refractivity (Wildman–Crippen MR) is 83.7 cm³/mol. The second kappa shape index (κ2) is 7.55. The van der Waals surface area contributed by atoms with E-state index in [0.29, 0.717) is 0 Å². The Kier molecular flexibility index (Phi) is 6.69. The maximum absolute atomic E-state index is 12.1. The van der Waals surface area contributed by atoms with Gasteiger partial charge in [0.2, 0.25) is 0 Å². The van der Waals surface area contributed by atoms with Crippen molar-refractivity contribution >= 4 is 23.1 Å². The van der Waals surface area contributed by atoms with E-state index in [1.807, 2.05) is 45.0 Å². The van der Waals surface area contributed by atoms with Gasteiger partial charge in [0.1, 0.15) is 10.8 Å². The quantitative estimate of drug-likeness (QED) is 0.626. The molecule has 0 saturated carbocycles. The molecule has 0 bridgehead atoms. The molecule has 1 unspecified atom stereocenters. The molecule has 2 atom stereocenters.